The molecule has 1 unspecified atom stereocenters. The molecule has 6 saturated heterocycles. The van der Waals surface area contributed by atoms with Gasteiger partial charge >= 0.3 is 17.9 Å². The van der Waals surface area contributed by atoms with Crippen molar-refractivity contribution >= 4 is 17.9 Å². The number of nitrogens with zero attached hydrogens (tertiary/aromatic N) is 6. The van der Waals surface area contributed by atoms with E-state index in [1.54, 1.807) is 24.3 Å². The normalized spacial score (nSPS) is 26.1. The Morgan fingerprint density at radius 1 is 0.404 bits per heavy atom. The number of likely N-dealkylation sites (N-methyl/N-ethyl adjacent to an activating group) is 1. The molecule has 13 rings (SSSR count). The molecule has 6 aromatic carbocycles. The summed E-state index contributed by atoms with van der Waals surface area (Å²) in [6, 6.07) is 55.9. The Balaban J connectivity index is 0.000000150. The van der Waals surface area contributed by atoms with Gasteiger partial charge in [0.2, 0.25) is 0 Å². The minimum atomic E-state index is -0.715. The Morgan fingerprint density at radius 2 is 0.768 bits per heavy atom. The van der Waals surface area contributed by atoms with E-state index >= 15 is 0 Å². The van der Waals surface area contributed by atoms with Gasteiger partial charge in [-0.05, 0) is 190 Å². The van der Waals surface area contributed by atoms with Gasteiger partial charge in [-0.2, -0.15) is 0 Å². The third kappa shape index (κ3) is 19.1. The number of hydrogen-bond acceptors (Lipinski definition) is 8. The minimum absolute atomic E-state index is 0.0779. The first-order valence-electron chi connectivity index (χ1n) is 37.8. The average Bonchev–Trinajstić information content (AvgIpc) is 1.64. The van der Waals surface area contributed by atoms with E-state index in [0.29, 0.717) is 63.7 Å². The summed E-state index contributed by atoms with van der Waals surface area (Å²) in [5, 5.41) is 30.1. The molecule has 532 valence electrons. The van der Waals surface area contributed by atoms with Gasteiger partial charge in [-0.25, -0.2) is 13.6 Å². The smallest absolute Gasteiger partial charge is 0.362 e. The van der Waals surface area contributed by atoms with E-state index in [-0.39, 0.29) is 35.6 Å². The lowest BCUT2D eigenvalue weighted by Crippen LogP contribution is -2.57. The molecule has 0 radical (unpaired) electrons. The van der Waals surface area contributed by atoms with Crippen molar-refractivity contribution < 1.29 is 43.0 Å². The molecular weight excluding hydrogens is 1240 g/mol. The summed E-state index contributed by atoms with van der Waals surface area (Å²) in [5.74, 6) is 2.25. The van der Waals surface area contributed by atoms with Gasteiger partial charge in [0, 0.05) is 75.4 Å². The second-order valence-corrected chi connectivity index (χ2v) is 31.6. The molecule has 7 fully saturated rings. The number of hydrogen-bond donors (Lipinski definition) is 3. The van der Waals surface area contributed by atoms with E-state index in [9.17, 15) is 38.5 Å². The van der Waals surface area contributed by atoms with Crippen LogP contribution in [0.15, 0.2) is 170 Å². The van der Waals surface area contributed by atoms with Crippen molar-refractivity contribution in [3.05, 3.63) is 215 Å². The Kier molecular flexibility index (Phi) is 25.9. The van der Waals surface area contributed by atoms with Crippen molar-refractivity contribution in [2.75, 3.05) is 105 Å². The highest BCUT2D eigenvalue weighted by atomic mass is 19.1. The van der Waals surface area contributed by atoms with Gasteiger partial charge in [0.25, 0.3) is 0 Å². The molecule has 1 aliphatic carbocycles. The molecule has 0 aromatic heterocycles. The van der Waals surface area contributed by atoms with Gasteiger partial charge in [-0.1, -0.05) is 193 Å². The number of halogens is 2. The zero-order chi connectivity index (χ0) is 69.6. The van der Waals surface area contributed by atoms with Crippen molar-refractivity contribution in [3.8, 4) is 0 Å². The highest BCUT2D eigenvalue weighted by Gasteiger charge is 2.52. The van der Waals surface area contributed by atoms with Gasteiger partial charge in [0.05, 0.1) is 20.1 Å². The standard InChI is InChI=1S/C30H40N2O2.C28H37FN2O2.C27H35FN2O2/c33-30(34)29(26-14-8-3-9-15-26)32-21-27(28(22-32)25-12-6-2-7-13-25)20-31-18-16-24(17-19-31)23-10-4-1-5-11-23;1-20(2)27(28(32)33)31(3)18-24(26(19-31)23-7-5-4-6-8-23)17-30-15-13-22(14-16-30)21-9-11-25(29)12-10-21;1-19(2)26(27(31)32)30-17-23(25(18-30)22-6-4-3-5-7-22)16-29-14-12-21(13-15-29)20-8-10-24(28)11-9-20/h1-2,4-7,10-13,24,26-29H,3,8-9,14-22H2,(H,33,34);4-12,20,22,24,26-27H,13-19H2,1-3H3;3-11,19,21,23,25-26H,12-18H2,1-2H3,(H,31,32)/p+1/t27-,28+,29+;24-,26+,27+,31?;23-,25+,26+/m000/s1. The van der Waals surface area contributed by atoms with Crippen LogP contribution >= 0.6 is 0 Å². The fourth-order valence-electron chi connectivity index (χ4n) is 19.4. The van der Waals surface area contributed by atoms with Crippen LogP contribution in [0.5, 0.6) is 0 Å². The number of quaternary nitrogens is 1. The first-order valence-corrected chi connectivity index (χ1v) is 37.8. The molecule has 0 spiro atoms. The maximum atomic E-state index is 13.3. The molecule has 6 heterocycles. The van der Waals surface area contributed by atoms with E-state index in [0.717, 1.165) is 137 Å². The van der Waals surface area contributed by atoms with Gasteiger partial charge in [0.15, 0.2) is 6.04 Å². The van der Waals surface area contributed by atoms with E-state index < -0.39 is 23.9 Å². The predicted octanol–water partition coefficient (Wildman–Crippen LogP) is 15.4. The lowest BCUT2D eigenvalue weighted by molar-refractivity contribution is -0.919. The van der Waals surface area contributed by atoms with Crippen LogP contribution in [-0.2, 0) is 14.4 Å². The largest absolute Gasteiger partial charge is 0.480 e. The maximum Gasteiger partial charge on any atom is 0.362 e. The summed E-state index contributed by atoms with van der Waals surface area (Å²) >= 11 is 0. The Hall–Kier alpha value is -6.65. The molecule has 0 amide bonds. The minimum Gasteiger partial charge on any atom is -0.480 e. The fourth-order valence-corrected chi connectivity index (χ4v) is 19.4. The molecular formula is C85H113F2N6O6+. The number of rotatable bonds is 21. The zero-order valence-corrected chi connectivity index (χ0v) is 59.7. The first-order chi connectivity index (χ1) is 47.9. The van der Waals surface area contributed by atoms with E-state index in [1.807, 2.05) is 58.0 Å². The molecule has 0 bridgehead atoms. The summed E-state index contributed by atoms with van der Waals surface area (Å²) in [6.07, 6.45) is 12.6. The van der Waals surface area contributed by atoms with Gasteiger partial charge in [0.1, 0.15) is 23.7 Å². The Morgan fingerprint density at radius 3 is 1.14 bits per heavy atom. The van der Waals surface area contributed by atoms with Crippen LogP contribution in [-0.4, -0.2) is 186 Å². The summed E-state index contributed by atoms with van der Waals surface area (Å²) in [7, 11) is 2.15. The zero-order valence-electron chi connectivity index (χ0n) is 59.7. The highest BCUT2D eigenvalue weighted by molar-refractivity contribution is 5.74. The van der Waals surface area contributed by atoms with Crippen LogP contribution in [0, 0.1) is 47.1 Å². The molecule has 1 saturated carbocycles. The predicted molar refractivity (Wildman–Crippen MR) is 392 cm³/mol. The third-order valence-corrected chi connectivity index (χ3v) is 24.2. The number of likely N-dealkylation sites (tertiary alicyclic amines) is 6. The second-order valence-electron chi connectivity index (χ2n) is 31.6. The molecule has 14 heteroatoms. The number of aliphatic carboxylic acids is 3. The lowest BCUT2D eigenvalue weighted by atomic mass is 9.83. The maximum absolute atomic E-state index is 13.3. The average molecular weight is 1350 g/mol. The monoisotopic (exact) mass is 1350 g/mol. The Labute approximate surface area is 590 Å². The molecule has 6 aromatic rings. The highest BCUT2D eigenvalue weighted by Crippen LogP contribution is 2.43. The van der Waals surface area contributed by atoms with Gasteiger partial charge in [-0.15, -0.1) is 0 Å². The summed E-state index contributed by atoms with van der Waals surface area (Å²) < 4.78 is 27.2. The van der Waals surface area contributed by atoms with E-state index in [1.165, 1.54) is 65.5 Å². The van der Waals surface area contributed by atoms with Crippen LogP contribution in [0.1, 0.15) is 167 Å². The third-order valence-electron chi connectivity index (χ3n) is 24.2. The van der Waals surface area contributed by atoms with Crippen LogP contribution < -0.4 is 0 Å². The van der Waals surface area contributed by atoms with Gasteiger partial charge < -0.3 is 34.5 Å². The Bertz CT molecular complexity index is 3430. The molecule has 10 atom stereocenters. The summed E-state index contributed by atoms with van der Waals surface area (Å²) in [5.41, 5.74) is 7.98. The molecule has 99 heavy (non-hydrogen) atoms. The molecule has 3 N–H and O–H groups in total. The van der Waals surface area contributed by atoms with Crippen molar-refractivity contribution in [3.63, 3.8) is 0 Å². The lowest BCUT2D eigenvalue weighted by Gasteiger charge is -2.38. The van der Waals surface area contributed by atoms with Crippen LogP contribution in [0.3, 0.4) is 0 Å². The van der Waals surface area contributed by atoms with Crippen LogP contribution in [0.2, 0.25) is 0 Å². The van der Waals surface area contributed by atoms with Crippen LogP contribution in [0.4, 0.5) is 8.78 Å². The topological polar surface area (TPSA) is 128 Å². The first kappa shape index (κ1) is 73.6. The number of carboxylic acids is 3. The fraction of sp³-hybridized carbons (Fsp3) is 0.541. The van der Waals surface area contributed by atoms with Crippen LogP contribution in [0.25, 0.3) is 0 Å². The number of carboxylic acid groups (broad SMARTS) is 3. The molecule has 12 nitrogen and oxygen atoms in total. The molecule has 7 aliphatic rings. The van der Waals surface area contributed by atoms with Crippen molar-refractivity contribution in [1.29, 1.82) is 0 Å². The summed E-state index contributed by atoms with van der Waals surface area (Å²) in [6.45, 7) is 22.8. The van der Waals surface area contributed by atoms with Crippen molar-refractivity contribution in [2.45, 2.75) is 152 Å². The van der Waals surface area contributed by atoms with E-state index in [2.05, 4.69) is 147 Å². The van der Waals surface area contributed by atoms with E-state index in [4.69, 9.17) is 0 Å². The van der Waals surface area contributed by atoms with Gasteiger partial charge in [-0.3, -0.25) is 19.4 Å². The number of benzene rings is 6. The number of piperidine rings is 3. The SMILES string of the molecule is CC(C)[C@H](C(=O)O)N1C[C@H](CN2CCC(c3ccc(F)cc3)CC2)[C@@H](c2ccccc2)C1.CC(C)[C@H](C(=O)O)[N+]1(C)C[C@H](CN2CCC(c3ccc(F)cc3)CC2)[C@@H](c2ccccc2)C1.O=C(O)[C@@H](C1CCCCC1)N1C[C@H](CN2CCC(c3ccccc3)CC2)[C@@H](c2ccccc2)C1. The van der Waals surface area contributed by atoms with Crippen molar-refractivity contribution in [1.82, 2.24) is 24.5 Å². The summed E-state index contributed by atoms with van der Waals surface area (Å²) in [4.78, 5) is 49.0. The quantitative estimate of drug-likeness (QED) is 0.0596. The number of carbonyl (C=O) groups is 3. The second kappa shape index (κ2) is 34.8. The van der Waals surface area contributed by atoms with Crippen molar-refractivity contribution in [2.24, 2.45) is 35.5 Å². The molecule has 6 aliphatic heterocycles.